The highest BCUT2D eigenvalue weighted by Gasteiger charge is 1.93. The zero-order valence-electron chi connectivity index (χ0n) is 9.13. The van der Waals surface area contributed by atoms with Gasteiger partial charge in [-0.25, -0.2) is 9.97 Å². The second-order valence-corrected chi connectivity index (χ2v) is 3.61. The molecule has 2 rings (SSSR count). The van der Waals surface area contributed by atoms with E-state index in [0.717, 1.165) is 25.2 Å². The summed E-state index contributed by atoms with van der Waals surface area (Å²) in [5.41, 5.74) is 2.39. The third-order valence-electron chi connectivity index (χ3n) is 2.38. The first-order valence-corrected chi connectivity index (χ1v) is 5.45. The highest BCUT2D eigenvalue weighted by molar-refractivity contribution is 5.14. The summed E-state index contributed by atoms with van der Waals surface area (Å²) in [6.07, 6.45) is 4.39. The van der Waals surface area contributed by atoms with Crippen molar-refractivity contribution in [3.8, 4) is 0 Å². The van der Waals surface area contributed by atoms with Crippen molar-refractivity contribution in [2.24, 2.45) is 0 Å². The molecule has 0 radical (unpaired) electrons. The Hall–Kier alpha value is -1.74. The van der Waals surface area contributed by atoms with Gasteiger partial charge < -0.3 is 5.32 Å². The lowest BCUT2D eigenvalue weighted by atomic mass is 10.1. The first-order chi connectivity index (χ1) is 7.95. The average molecular weight is 213 g/mol. The zero-order chi connectivity index (χ0) is 11.1. The van der Waals surface area contributed by atoms with Gasteiger partial charge in [-0.15, -0.1) is 0 Å². The zero-order valence-corrected chi connectivity index (χ0v) is 9.13. The molecule has 1 aromatic carbocycles. The molecule has 0 aliphatic heterocycles. The van der Waals surface area contributed by atoms with Crippen LogP contribution in [-0.4, -0.2) is 16.5 Å². The van der Waals surface area contributed by atoms with Crippen LogP contribution in [0.3, 0.4) is 0 Å². The molecule has 0 aliphatic carbocycles. The van der Waals surface area contributed by atoms with Crippen molar-refractivity contribution in [1.29, 1.82) is 0 Å². The maximum Gasteiger partial charge on any atom is 0.115 e. The number of nitrogens with zero attached hydrogens (tertiary/aromatic N) is 2. The largest absolute Gasteiger partial charge is 0.311 e. The number of nitrogens with one attached hydrogen (secondary N) is 1. The quantitative estimate of drug-likeness (QED) is 0.770. The molecule has 0 unspecified atom stereocenters. The number of hydrogen-bond donors (Lipinski definition) is 1. The minimum Gasteiger partial charge on any atom is -0.311 e. The molecule has 2 aromatic rings. The van der Waals surface area contributed by atoms with E-state index in [0.29, 0.717) is 0 Å². The molecule has 0 saturated carbocycles. The lowest BCUT2D eigenvalue weighted by molar-refractivity contribution is 0.673. The standard InChI is InChI=1S/C13H15N3/c1-2-4-12(5-3-1)6-8-14-10-13-7-9-15-11-16-13/h1-5,7,9,11,14H,6,8,10H2. The van der Waals surface area contributed by atoms with Gasteiger partial charge in [-0.1, -0.05) is 30.3 Å². The van der Waals surface area contributed by atoms with Gasteiger partial charge in [0, 0.05) is 12.7 Å². The Balaban J connectivity index is 1.70. The van der Waals surface area contributed by atoms with Gasteiger partial charge in [-0.3, -0.25) is 0 Å². The van der Waals surface area contributed by atoms with Crippen LogP contribution in [0.5, 0.6) is 0 Å². The first kappa shape index (κ1) is 10.8. The van der Waals surface area contributed by atoms with Crippen LogP contribution < -0.4 is 5.32 Å². The molecule has 0 amide bonds. The van der Waals surface area contributed by atoms with E-state index in [2.05, 4.69) is 39.6 Å². The maximum absolute atomic E-state index is 4.15. The average Bonchev–Trinajstić information content (AvgIpc) is 2.37. The Kier molecular flexibility index (Phi) is 4.02. The predicted molar refractivity (Wildman–Crippen MR) is 63.9 cm³/mol. The number of aromatic nitrogens is 2. The Labute approximate surface area is 95.6 Å². The number of hydrogen-bond acceptors (Lipinski definition) is 3. The topological polar surface area (TPSA) is 37.8 Å². The van der Waals surface area contributed by atoms with E-state index in [1.807, 2.05) is 12.1 Å². The lowest BCUT2D eigenvalue weighted by Gasteiger charge is -2.03. The van der Waals surface area contributed by atoms with Crippen LogP contribution in [0.25, 0.3) is 0 Å². The molecule has 0 aliphatic rings. The summed E-state index contributed by atoms with van der Waals surface area (Å²) >= 11 is 0. The molecule has 0 saturated heterocycles. The minimum absolute atomic E-state index is 0.801. The first-order valence-electron chi connectivity index (χ1n) is 5.45. The second kappa shape index (κ2) is 5.98. The van der Waals surface area contributed by atoms with Crippen molar-refractivity contribution in [2.75, 3.05) is 6.54 Å². The van der Waals surface area contributed by atoms with Gasteiger partial charge in [0.05, 0.1) is 5.69 Å². The van der Waals surface area contributed by atoms with Gasteiger partial charge in [0.15, 0.2) is 0 Å². The molecule has 3 nitrogen and oxygen atoms in total. The number of benzene rings is 1. The van der Waals surface area contributed by atoms with Gasteiger partial charge in [0.25, 0.3) is 0 Å². The predicted octanol–water partition coefficient (Wildman–Crippen LogP) is 1.81. The molecule has 1 heterocycles. The summed E-state index contributed by atoms with van der Waals surface area (Å²) in [6.45, 7) is 1.77. The third kappa shape index (κ3) is 3.44. The second-order valence-electron chi connectivity index (χ2n) is 3.61. The van der Waals surface area contributed by atoms with Crippen molar-refractivity contribution < 1.29 is 0 Å². The molecule has 1 N–H and O–H groups in total. The molecule has 0 atom stereocenters. The highest BCUT2D eigenvalue weighted by atomic mass is 14.9. The van der Waals surface area contributed by atoms with Crippen LogP contribution in [0, 0.1) is 0 Å². The van der Waals surface area contributed by atoms with Crippen molar-refractivity contribution in [1.82, 2.24) is 15.3 Å². The SMILES string of the molecule is c1ccc(CCNCc2ccncn2)cc1. The van der Waals surface area contributed by atoms with Crippen molar-refractivity contribution >= 4 is 0 Å². The molecule has 82 valence electrons. The van der Waals surface area contributed by atoms with Crippen molar-refractivity contribution in [3.63, 3.8) is 0 Å². The Morgan fingerprint density at radius 3 is 2.69 bits per heavy atom. The summed E-state index contributed by atoms with van der Waals surface area (Å²) in [5, 5.41) is 3.36. The van der Waals surface area contributed by atoms with E-state index in [9.17, 15) is 0 Å². The summed E-state index contributed by atoms with van der Waals surface area (Å²) in [7, 11) is 0. The molecular formula is C13H15N3. The molecule has 0 spiro atoms. The normalized spacial score (nSPS) is 10.2. The summed E-state index contributed by atoms with van der Waals surface area (Å²) < 4.78 is 0. The molecular weight excluding hydrogens is 198 g/mol. The third-order valence-corrected chi connectivity index (χ3v) is 2.38. The van der Waals surface area contributed by atoms with E-state index in [-0.39, 0.29) is 0 Å². The van der Waals surface area contributed by atoms with Gasteiger partial charge in [-0.05, 0) is 24.6 Å². The highest BCUT2D eigenvalue weighted by Crippen LogP contribution is 1.98. The molecule has 3 heteroatoms. The number of rotatable bonds is 5. The van der Waals surface area contributed by atoms with Crippen LogP contribution in [0.2, 0.25) is 0 Å². The van der Waals surface area contributed by atoms with E-state index in [1.54, 1.807) is 12.5 Å². The van der Waals surface area contributed by atoms with Gasteiger partial charge >= 0.3 is 0 Å². The Morgan fingerprint density at radius 2 is 1.94 bits per heavy atom. The van der Waals surface area contributed by atoms with Crippen LogP contribution in [-0.2, 0) is 13.0 Å². The minimum atomic E-state index is 0.801. The summed E-state index contributed by atoms with van der Waals surface area (Å²) in [5.74, 6) is 0. The molecule has 16 heavy (non-hydrogen) atoms. The Morgan fingerprint density at radius 1 is 1.06 bits per heavy atom. The van der Waals surface area contributed by atoms with Gasteiger partial charge in [-0.2, -0.15) is 0 Å². The summed E-state index contributed by atoms with van der Waals surface area (Å²) in [6, 6.07) is 12.4. The van der Waals surface area contributed by atoms with Crippen LogP contribution in [0.15, 0.2) is 48.9 Å². The van der Waals surface area contributed by atoms with Gasteiger partial charge in [0.1, 0.15) is 6.33 Å². The fourth-order valence-electron chi connectivity index (χ4n) is 1.52. The van der Waals surface area contributed by atoms with Crippen LogP contribution in [0.1, 0.15) is 11.3 Å². The van der Waals surface area contributed by atoms with Crippen molar-refractivity contribution in [3.05, 3.63) is 60.2 Å². The molecule has 1 aromatic heterocycles. The summed E-state index contributed by atoms with van der Waals surface area (Å²) in [4.78, 5) is 8.03. The lowest BCUT2D eigenvalue weighted by Crippen LogP contribution is -2.17. The van der Waals surface area contributed by atoms with Crippen LogP contribution in [0.4, 0.5) is 0 Å². The maximum atomic E-state index is 4.15. The molecule has 0 bridgehead atoms. The fourth-order valence-corrected chi connectivity index (χ4v) is 1.52. The fraction of sp³-hybridized carbons (Fsp3) is 0.231. The Bertz CT molecular complexity index is 359. The van der Waals surface area contributed by atoms with Crippen molar-refractivity contribution in [2.45, 2.75) is 13.0 Å². The van der Waals surface area contributed by atoms with Gasteiger partial charge in [0.2, 0.25) is 0 Å². The van der Waals surface area contributed by atoms with Crippen LogP contribution >= 0.6 is 0 Å². The smallest absolute Gasteiger partial charge is 0.115 e. The van der Waals surface area contributed by atoms with E-state index in [4.69, 9.17) is 0 Å². The molecule has 0 fully saturated rings. The van der Waals surface area contributed by atoms with E-state index in [1.165, 1.54) is 5.56 Å². The van der Waals surface area contributed by atoms with E-state index < -0.39 is 0 Å². The monoisotopic (exact) mass is 213 g/mol. The van der Waals surface area contributed by atoms with E-state index >= 15 is 0 Å².